The van der Waals surface area contributed by atoms with Gasteiger partial charge in [0.05, 0.1) is 17.8 Å². The van der Waals surface area contributed by atoms with Crippen LogP contribution in [0.15, 0.2) is 15.9 Å². The summed E-state index contributed by atoms with van der Waals surface area (Å²) < 4.78 is 6.74. The molecule has 2 rings (SSSR count). The van der Waals surface area contributed by atoms with E-state index in [-0.39, 0.29) is 5.60 Å². The number of rotatable bonds is 2. The molecule has 0 aromatic carbocycles. The second-order valence-electron chi connectivity index (χ2n) is 5.17. The van der Waals surface area contributed by atoms with Gasteiger partial charge in [0.25, 0.3) is 0 Å². The van der Waals surface area contributed by atoms with E-state index >= 15 is 0 Å². The van der Waals surface area contributed by atoms with E-state index in [4.69, 9.17) is 4.74 Å². The quantitative estimate of drug-likeness (QED) is 0.908. The van der Waals surface area contributed by atoms with Crippen LogP contribution in [0, 0.1) is 0 Å². The molecule has 1 aliphatic rings. The minimum atomic E-state index is -0.605. The zero-order chi connectivity index (χ0) is 11.8. The van der Waals surface area contributed by atoms with E-state index < -0.39 is 5.60 Å². The summed E-state index contributed by atoms with van der Waals surface area (Å²) in [7, 11) is 0. The average molecular weight is 305 g/mol. The molecule has 0 saturated carbocycles. The minimum Gasteiger partial charge on any atom is -0.389 e. The molecule has 1 aromatic heterocycles. The summed E-state index contributed by atoms with van der Waals surface area (Å²) in [6.45, 7) is 4.74. The normalized spacial score (nSPS) is 29.2. The van der Waals surface area contributed by atoms with Crippen molar-refractivity contribution < 1.29 is 9.84 Å². The van der Waals surface area contributed by atoms with Crippen molar-refractivity contribution in [1.29, 1.82) is 0 Å². The average Bonchev–Trinajstić information content (AvgIpc) is 2.47. The van der Waals surface area contributed by atoms with Crippen LogP contribution in [0.1, 0.15) is 31.6 Å². The van der Waals surface area contributed by atoms with Gasteiger partial charge in [-0.2, -0.15) is 0 Å². The van der Waals surface area contributed by atoms with Gasteiger partial charge in [0, 0.05) is 27.6 Å². The van der Waals surface area contributed by atoms with E-state index in [1.807, 2.05) is 13.8 Å². The molecule has 4 heteroatoms. The van der Waals surface area contributed by atoms with Crippen molar-refractivity contribution in [2.45, 2.75) is 44.3 Å². The Balaban J connectivity index is 2.07. The van der Waals surface area contributed by atoms with E-state index in [1.165, 1.54) is 4.88 Å². The van der Waals surface area contributed by atoms with Crippen LogP contribution in [0.5, 0.6) is 0 Å². The molecule has 1 aliphatic heterocycles. The van der Waals surface area contributed by atoms with Crippen molar-refractivity contribution in [1.82, 2.24) is 0 Å². The minimum absolute atomic E-state index is 0.207. The molecule has 1 unspecified atom stereocenters. The lowest BCUT2D eigenvalue weighted by molar-refractivity contribution is -0.143. The number of thiophene rings is 1. The van der Waals surface area contributed by atoms with E-state index in [1.54, 1.807) is 11.3 Å². The summed E-state index contributed by atoms with van der Waals surface area (Å²) in [6.07, 6.45) is 2.16. The van der Waals surface area contributed by atoms with Gasteiger partial charge in [0.15, 0.2) is 0 Å². The Kier molecular flexibility index (Phi) is 3.46. The summed E-state index contributed by atoms with van der Waals surface area (Å²) in [5.74, 6) is 0. The highest BCUT2D eigenvalue weighted by Gasteiger charge is 2.39. The Bertz CT molecular complexity index is 375. The Labute approximate surface area is 109 Å². The van der Waals surface area contributed by atoms with Crippen LogP contribution in [0.2, 0.25) is 0 Å². The second-order valence-corrected chi connectivity index (χ2v) is 7.08. The SMILES string of the molecule is CC1(C)CC(O)(Cc2cc(Br)cs2)CCO1. The van der Waals surface area contributed by atoms with Crippen molar-refractivity contribution in [2.75, 3.05) is 6.61 Å². The highest BCUT2D eigenvalue weighted by atomic mass is 79.9. The molecule has 0 spiro atoms. The fourth-order valence-electron chi connectivity index (χ4n) is 2.37. The maximum Gasteiger partial charge on any atom is 0.0744 e. The van der Waals surface area contributed by atoms with Crippen LogP contribution in [0.3, 0.4) is 0 Å². The first kappa shape index (κ1) is 12.6. The topological polar surface area (TPSA) is 29.5 Å². The predicted octanol–water partition coefficient (Wildman–Crippen LogP) is 3.37. The smallest absolute Gasteiger partial charge is 0.0744 e. The van der Waals surface area contributed by atoms with Crippen LogP contribution in [0.4, 0.5) is 0 Å². The van der Waals surface area contributed by atoms with E-state index in [0.29, 0.717) is 13.0 Å². The molecular weight excluding hydrogens is 288 g/mol. The summed E-state index contributed by atoms with van der Waals surface area (Å²) in [4.78, 5) is 1.23. The predicted molar refractivity (Wildman–Crippen MR) is 69.9 cm³/mol. The molecule has 1 fully saturated rings. The maximum absolute atomic E-state index is 10.6. The van der Waals surface area contributed by atoms with Gasteiger partial charge >= 0.3 is 0 Å². The standard InChI is InChI=1S/C12H17BrO2S/c1-11(2)8-12(14,3-4-15-11)6-10-5-9(13)7-16-10/h5,7,14H,3-4,6,8H2,1-2H3. The van der Waals surface area contributed by atoms with Crippen molar-refractivity contribution in [3.8, 4) is 0 Å². The number of hydrogen-bond acceptors (Lipinski definition) is 3. The second kappa shape index (κ2) is 4.41. The largest absolute Gasteiger partial charge is 0.389 e. The van der Waals surface area contributed by atoms with E-state index in [9.17, 15) is 5.11 Å². The molecule has 0 bridgehead atoms. The van der Waals surface area contributed by atoms with Crippen molar-refractivity contribution in [2.24, 2.45) is 0 Å². The lowest BCUT2D eigenvalue weighted by Gasteiger charge is -2.41. The summed E-state index contributed by atoms with van der Waals surface area (Å²) in [6, 6.07) is 2.09. The molecular formula is C12H17BrO2S. The van der Waals surface area contributed by atoms with Crippen LogP contribution < -0.4 is 0 Å². The molecule has 1 aromatic rings. The van der Waals surface area contributed by atoms with Gasteiger partial charge in [-0.1, -0.05) is 0 Å². The Morgan fingerprint density at radius 3 is 2.88 bits per heavy atom. The number of aliphatic hydroxyl groups is 1. The summed E-state index contributed by atoms with van der Waals surface area (Å²) >= 11 is 5.14. The van der Waals surface area contributed by atoms with Gasteiger partial charge < -0.3 is 9.84 Å². The highest BCUT2D eigenvalue weighted by molar-refractivity contribution is 9.10. The number of hydrogen-bond donors (Lipinski definition) is 1. The Hall–Kier alpha value is 0.1000. The first-order chi connectivity index (χ1) is 7.39. The lowest BCUT2D eigenvalue weighted by atomic mass is 9.82. The number of halogens is 1. The first-order valence-electron chi connectivity index (χ1n) is 5.48. The Morgan fingerprint density at radius 1 is 1.56 bits per heavy atom. The fourth-order valence-corrected chi connectivity index (χ4v) is 3.96. The van der Waals surface area contributed by atoms with Gasteiger partial charge in [-0.05, 0) is 42.3 Å². The molecule has 1 saturated heterocycles. The third-order valence-corrected chi connectivity index (χ3v) is 4.64. The lowest BCUT2D eigenvalue weighted by Crippen LogP contribution is -2.47. The van der Waals surface area contributed by atoms with Crippen LogP contribution in [0.25, 0.3) is 0 Å². The molecule has 1 N–H and O–H groups in total. The third kappa shape index (κ3) is 3.06. The van der Waals surface area contributed by atoms with Gasteiger partial charge in [0.1, 0.15) is 0 Å². The van der Waals surface area contributed by atoms with Crippen molar-refractivity contribution >= 4 is 27.3 Å². The zero-order valence-electron chi connectivity index (χ0n) is 9.62. The first-order valence-corrected chi connectivity index (χ1v) is 7.15. The molecule has 16 heavy (non-hydrogen) atoms. The summed E-state index contributed by atoms with van der Waals surface area (Å²) in [5, 5.41) is 12.6. The van der Waals surface area contributed by atoms with Gasteiger partial charge in [-0.15, -0.1) is 11.3 Å². The van der Waals surface area contributed by atoms with Gasteiger partial charge in [-0.3, -0.25) is 0 Å². The van der Waals surface area contributed by atoms with Gasteiger partial charge in [-0.25, -0.2) is 0 Å². The van der Waals surface area contributed by atoms with Crippen LogP contribution in [-0.4, -0.2) is 22.9 Å². The maximum atomic E-state index is 10.6. The highest BCUT2D eigenvalue weighted by Crippen LogP contribution is 2.35. The van der Waals surface area contributed by atoms with E-state index in [0.717, 1.165) is 17.3 Å². The molecule has 0 amide bonds. The van der Waals surface area contributed by atoms with Gasteiger partial charge in [0.2, 0.25) is 0 Å². The molecule has 90 valence electrons. The summed E-state index contributed by atoms with van der Waals surface area (Å²) in [5.41, 5.74) is -0.812. The van der Waals surface area contributed by atoms with Crippen molar-refractivity contribution in [3.63, 3.8) is 0 Å². The van der Waals surface area contributed by atoms with Crippen LogP contribution >= 0.6 is 27.3 Å². The van der Waals surface area contributed by atoms with E-state index in [2.05, 4.69) is 27.4 Å². The monoisotopic (exact) mass is 304 g/mol. The molecule has 2 heterocycles. The molecule has 0 aliphatic carbocycles. The number of ether oxygens (including phenoxy) is 1. The molecule has 0 radical (unpaired) electrons. The van der Waals surface area contributed by atoms with Crippen LogP contribution in [-0.2, 0) is 11.2 Å². The fraction of sp³-hybridized carbons (Fsp3) is 0.667. The zero-order valence-corrected chi connectivity index (χ0v) is 12.0. The molecule has 1 atom stereocenters. The molecule has 2 nitrogen and oxygen atoms in total. The Morgan fingerprint density at radius 2 is 2.31 bits per heavy atom. The van der Waals surface area contributed by atoms with Crippen molar-refractivity contribution in [3.05, 3.63) is 20.8 Å². The third-order valence-electron chi connectivity index (χ3n) is 2.94.